The van der Waals surface area contributed by atoms with Gasteiger partial charge in [0.2, 0.25) is 0 Å². The topological polar surface area (TPSA) is 3.24 Å². The van der Waals surface area contributed by atoms with E-state index >= 15 is 0 Å². The van der Waals surface area contributed by atoms with Crippen molar-refractivity contribution in [2.24, 2.45) is 0 Å². The molecular weight excluding hydrogens is 591 g/mol. The van der Waals surface area contributed by atoms with Crippen LogP contribution in [0.3, 0.4) is 0 Å². The maximum atomic E-state index is 2.45. The predicted octanol–water partition coefficient (Wildman–Crippen LogP) is 13.6. The number of anilines is 3. The lowest BCUT2D eigenvalue weighted by molar-refractivity contribution is 1.29. The summed E-state index contributed by atoms with van der Waals surface area (Å²) in [4.78, 5) is 2.45. The Morgan fingerprint density at radius 3 is 1.47 bits per heavy atom. The van der Waals surface area contributed by atoms with E-state index in [4.69, 9.17) is 0 Å². The normalized spacial score (nSPS) is 12.0. The van der Waals surface area contributed by atoms with Crippen LogP contribution in [0.5, 0.6) is 0 Å². The third kappa shape index (κ3) is 4.40. The molecule has 0 amide bonds. The average molecular weight is 622 g/mol. The SMILES string of the molecule is c1ccc(-c2cccc(N3c4ccccc4-c4ccccc4-c4cc(-c5ccc6c7ccccc7c7ccccc7c6c5)ccc43)c2)cc1. The summed E-state index contributed by atoms with van der Waals surface area (Å²) in [5, 5.41) is 7.76. The zero-order valence-corrected chi connectivity index (χ0v) is 26.8. The van der Waals surface area contributed by atoms with Crippen LogP contribution >= 0.6 is 0 Å². The van der Waals surface area contributed by atoms with Crippen LogP contribution < -0.4 is 4.90 Å². The minimum Gasteiger partial charge on any atom is -0.309 e. The third-order valence-electron chi connectivity index (χ3n) is 10.2. The highest BCUT2D eigenvalue weighted by molar-refractivity contribution is 6.25. The molecule has 0 bridgehead atoms. The maximum Gasteiger partial charge on any atom is 0.0540 e. The fraction of sp³-hybridized carbons (Fsp3) is 0. The molecular formula is C48H31N. The molecule has 0 N–H and O–H groups in total. The summed E-state index contributed by atoms with van der Waals surface area (Å²) in [5.41, 5.74) is 13.3. The van der Waals surface area contributed by atoms with E-state index in [1.54, 1.807) is 0 Å². The van der Waals surface area contributed by atoms with E-state index in [-0.39, 0.29) is 0 Å². The largest absolute Gasteiger partial charge is 0.309 e. The lowest BCUT2D eigenvalue weighted by atomic mass is 9.90. The molecule has 1 nitrogen and oxygen atoms in total. The van der Waals surface area contributed by atoms with Gasteiger partial charge in [-0.2, -0.15) is 0 Å². The highest BCUT2D eigenvalue weighted by Gasteiger charge is 2.26. The molecule has 0 saturated heterocycles. The van der Waals surface area contributed by atoms with Crippen molar-refractivity contribution in [2.75, 3.05) is 4.90 Å². The van der Waals surface area contributed by atoms with Crippen LogP contribution in [0.1, 0.15) is 0 Å². The van der Waals surface area contributed by atoms with Gasteiger partial charge in [0.1, 0.15) is 0 Å². The second kappa shape index (κ2) is 11.1. The minimum atomic E-state index is 1.14. The number of para-hydroxylation sites is 1. The first kappa shape index (κ1) is 27.7. The molecule has 0 spiro atoms. The van der Waals surface area contributed by atoms with E-state index in [0.29, 0.717) is 0 Å². The van der Waals surface area contributed by atoms with Gasteiger partial charge in [0.25, 0.3) is 0 Å². The summed E-state index contributed by atoms with van der Waals surface area (Å²) < 4.78 is 0. The first-order valence-corrected chi connectivity index (χ1v) is 16.9. The molecule has 0 aliphatic carbocycles. The first-order chi connectivity index (χ1) is 24.3. The number of rotatable bonds is 3. The molecule has 9 aromatic rings. The standard InChI is InChI=1S/C48H31N/c1-2-13-32(14-3-1)33-15-12-16-36(29-33)49-47-24-11-10-23-44(47)40-20-7-9-22-42(40)46-31-35(26-28-48(46)49)34-25-27-43-39-19-5-4-17-37(39)38-18-6-8-21-41(38)45(43)30-34/h1-31H. The Morgan fingerprint density at radius 1 is 0.245 bits per heavy atom. The molecule has 0 fully saturated rings. The Bertz CT molecular complexity index is 2690. The van der Waals surface area contributed by atoms with Gasteiger partial charge in [-0.05, 0) is 102 Å². The lowest BCUT2D eigenvalue weighted by Gasteiger charge is -2.28. The van der Waals surface area contributed by atoms with Crippen LogP contribution in [0.4, 0.5) is 17.1 Å². The van der Waals surface area contributed by atoms with Crippen molar-refractivity contribution < 1.29 is 0 Å². The Balaban J connectivity index is 1.21. The molecule has 1 aliphatic rings. The summed E-state index contributed by atoms with van der Waals surface area (Å²) in [6.45, 7) is 0. The average Bonchev–Trinajstić information content (AvgIpc) is 3.31. The number of nitrogens with zero attached hydrogens (tertiary/aromatic N) is 1. The maximum absolute atomic E-state index is 2.45. The Kier molecular flexibility index (Phi) is 6.25. The zero-order valence-electron chi connectivity index (χ0n) is 26.8. The molecule has 9 aromatic carbocycles. The molecule has 0 aromatic heterocycles. The van der Waals surface area contributed by atoms with Crippen molar-refractivity contribution in [1.82, 2.24) is 0 Å². The number of hydrogen-bond donors (Lipinski definition) is 0. The molecule has 49 heavy (non-hydrogen) atoms. The molecule has 0 unspecified atom stereocenters. The van der Waals surface area contributed by atoms with E-state index in [1.807, 2.05) is 0 Å². The smallest absolute Gasteiger partial charge is 0.0540 e. The van der Waals surface area contributed by atoms with Crippen molar-refractivity contribution in [3.05, 3.63) is 188 Å². The second-order valence-electron chi connectivity index (χ2n) is 12.9. The number of hydrogen-bond acceptors (Lipinski definition) is 1. The molecule has 1 heterocycles. The van der Waals surface area contributed by atoms with Crippen molar-refractivity contribution in [2.45, 2.75) is 0 Å². The summed E-state index contributed by atoms with van der Waals surface area (Å²) in [7, 11) is 0. The molecule has 0 atom stereocenters. The van der Waals surface area contributed by atoms with E-state index < -0.39 is 0 Å². The summed E-state index contributed by atoms with van der Waals surface area (Å²) >= 11 is 0. The van der Waals surface area contributed by atoms with Crippen LogP contribution in [0.2, 0.25) is 0 Å². The zero-order chi connectivity index (χ0) is 32.3. The van der Waals surface area contributed by atoms with Crippen LogP contribution in [-0.2, 0) is 0 Å². The van der Waals surface area contributed by atoms with Crippen LogP contribution in [0.15, 0.2) is 188 Å². The van der Waals surface area contributed by atoms with Crippen LogP contribution in [0.25, 0.3) is 76.8 Å². The van der Waals surface area contributed by atoms with Crippen molar-refractivity contribution >= 4 is 49.4 Å². The Hall–Kier alpha value is -6.44. The van der Waals surface area contributed by atoms with Gasteiger partial charge in [-0.15, -0.1) is 0 Å². The van der Waals surface area contributed by atoms with Crippen molar-refractivity contribution in [1.29, 1.82) is 0 Å². The molecule has 0 saturated carbocycles. The van der Waals surface area contributed by atoms with Gasteiger partial charge in [0.05, 0.1) is 11.4 Å². The van der Waals surface area contributed by atoms with Crippen molar-refractivity contribution in [3.8, 4) is 44.5 Å². The Labute approximate surface area is 286 Å². The van der Waals surface area contributed by atoms with Gasteiger partial charge < -0.3 is 4.90 Å². The van der Waals surface area contributed by atoms with Gasteiger partial charge >= 0.3 is 0 Å². The van der Waals surface area contributed by atoms with Gasteiger partial charge in [-0.3, -0.25) is 0 Å². The van der Waals surface area contributed by atoms with Crippen LogP contribution in [0, 0.1) is 0 Å². The van der Waals surface area contributed by atoms with Crippen LogP contribution in [-0.4, -0.2) is 0 Å². The van der Waals surface area contributed by atoms with Crippen molar-refractivity contribution in [3.63, 3.8) is 0 Å². The molecule has 228 valence electrons. The van der Waals surface area contributed by atoms with E-state index in [2.05, 4.69) is 193 Å². The van der Waals surface area contributed by atoms with E-state index in [1.165, 1.54) is 88.2 Å². The molecule has 10 rings (SSSR count). The fourth-order valence-electron chi connectivity index (χ4n) is 7.93. The highest BCUT2D eigenvalue weighted by Crippen LogP contribution is 2.52. The van der Waals surface area contributed by atoms with E-state index in [0.717, 1.165) is 5.69 Å². The summed E-state index contributed by atoms with van der Waals surface area (Å²) in [5.74, 6) is 0. The minimum absolute atomic E-state index is 1.14. The Morgan fingerprint density at radius 2 is 0.735 bits per heavy atom. The summed E-state index contributed by atoms with van der Waals surface area (Å²) in [6, 6.07) is 68.9. The molecule has 1 heteroatoms. The van der Waals surface area contributed by atoms with Gasteiger partial charge in [0.15, 0.2) is 0 Å². The lowest BCUT2D eigenvalue weighted by Crippen LogP contribution is -2.11. The number of benzene rings is 9. The first-order valence-electron chi connectivity index (χ1n) is 16.9. The molecule has 0 radical (unpaired) electrons. The predicted molar refractivity (Wildman–Crippen MR) is 209 cm³/mol. The molecule has 1 aliphatic heterocycles. The quantitative estimate of drug-likeness (QED) is 0.177. The third-order valence-corrected chi connectivity index (χ3v) is 10.2. The number of fused-ring (bicyclic) bond motifs is 11. The second-order valence-corrected chi connectivity index (χ2v) is 12.9. The monoisotopic (exact) mass is 621 g/mol. The van der Waals surface area contributed by atoms with Gasteiger partial charge in [-0.25, -0.2) is 0 Å². The summed E-state index contributed by atoms with van der Waals surface area (Å²) in [6.07, 6.45) is 0. The van der Waals surface area contributed by atoms with Gasteiger partial charge in [0, 0.05) is 16.8 Å². The van der Waals surface area contributed by atoms with E-state index in [9.17, 15) is 0 Å². The fourth-order valence-corrected chi connectivity index (χ4v) is 7.93. The highest BCUT2D eigenvalue weighted by atomic mass is 15.1. The van der Waals surface area contributed by atoms with Gasteiger partial charge in [-0.1, -0.05) is 152 Å².